The van der Waals surface area contributed by atoms with Crippen LogP contribution in [0, 0.1) is 11.3 Å². The first-order valence-electron chi connectivity index (χ1n) is 7.33. The van der Waals surface area contributed by atoms with Crippen LogP contribution in [0.3, 0.4) is 0 Å². The van der Waals surface area contributed by atoms with Crippen LogP contribution in [0.4, 0.5) is 0 Å². The molecule has 0 fully saturated rings. The molecule has 0 aliphatic rings. The number of hydrogen-bond acceptors (Lipinski definition) is 2. The smallest absolute Gasteiger partial charge is 0.0641 e. The van der Waals surface area contributed by atoms with Gasteiger partial charge >= 0.3 is 0 Å². The second-order valence-electron chi connectivity index (χ2n) is 5.77. The highest BCUT2D eigenvalue weighted by Crippen LogP contribution is 2.37. The van der Waals surface area contributed by atoms with Crippen LogP contribution >= 0.6 is 0 Å². The fourth-order valence-corrected chi connectivity index (χ4v) is 2.78. The van der Waals surface area contributed by atoms with Crippen molar-refractivity contribution >= 4 is 0 Å². The number of unbranched alkanes of at least 4 members (excludes halogenated alkanes) is 3. The van der Waals surface area contributed by atoms with Crippen molar-refractivity contribution in [2.75, 3.05) is 6.61 Å². The first-order chi connectivity index (χ1) is 8.04. The van der Waals surface area contributed by atoms with Crippen LogP contribution in [0.1, 0.15) is 72.6 Å². The lowest BCUT2D eigenvalue weighted by molar-refractivity contribution is -0.0561. The monoisotopic (exact) mass is 244 g/mol. The molecule has 0 aromatic rings. The quantitative estimate of drug-likeness (QED) is 0.575. The summed E-state index contributed by atoms with van der Waals surface area (Å²) >= 11 is 0. The van der Waals surface area contributed by atoms with Crippen LogP contribution in [-0.2, 0) is 0 Å². The van der Waals surface area contributed by atoms with Crippen molar-refractivity contribution in [1.29, 1.82) is 0 Å². The summed E-state index contributed by atoms with van der Waals surface area (Å²) in [6.45, 7) is 8.53. The summed E-state index contributed by atoms with van der Waals surface area (Å²) < 4.78 is 0. The first-order valence-corrected chi connectivity index (χ1v) is 7.33. The lowest BCUT2D eigenvalue weighted by Gasteiger charge is -2.39. The molecule has 0 aliphatic carbocycles. The molecule has 0 amide bonds. The van der Waals surface area contributed by atoms with Crippen molar-refractivity contribution in [1.82, 2.24) is 0 Å². The van der Waals surface area contributed by atoms with Gasteiger partial charge in [-0.25, -0.2) is 0 Å². The van der Waals surface area contributed by atoms with Crippen molar-refractivity contribution in [3.63, 3.8) is 0 Å². The summed E-state index contributed by atoms with van der Waals surface area (Å²) in [5, 5.41) is 20.1. The Morgan fingerprint density at radius 3 is 2.00 bits per heavy atom. The second kappa shape index (κ2) is 8.93. The lowest BCUT2D eigenvalue weighted by atomic mass is 9.71. The van der Waals surface area contributed by atoms with E-state index < -0.39 is 0 Å². The van der Waals surface area contributed by atoms with Crippen molar-refractivity contribution in [2.45, 2.75) is 78.7 Å². The maximum absolute atomic E-state index is 10.4. The summed E-state index contributed by atoms with van der Waals surface area (Å²) in [6.07, 6.45) is 7.35. The van der Waals surface area contributed by atoms with Crippen LogP contribution in [0.15, 0.2) is 0 Å². The molecule has 0 spiro atoms. The van der Waals surface area contributed by atoms with Crippen molar-refractivity contribution in [3.8, 4) is 0 Å². The van der Waals surface area contributed by atoms with Gasteiger partial charge in [0, 0.05) is 5.41 Å². The van der Waals surface area contributed by atoms with Gasteiger partial charge in [-0.1, -0.05) is 59.8 Å². The minimum Gasteiger partial charge on any atom is -0.396 e. The molecule has 0 aromatic carbocycles. The molecule has 17 heavy (non-hydrogen) atoms. The van der Waals surface area contributed by atoms with E-state index in [1.54, 1.807) is 0 Å². The van der Waals surface area contributed by atoms with Gasteiger partial charge in [0.1, 0.15) is 0 Å². The Morgan fingerprint density at radius 1 is 0.941 bits per heavy atom. The van der Waals surface area contributed by atoms with E-state index in [9.17, 15) is 10.2 Å². The number of aliphatic hydroxyl groups excluding tert-OH is 2. The van der Waals surface area contributed by atoms with Gasteiger partial charge in [-0.3, -0.25) is 0 Å². The number of aliphatic hydroxyl groups is 2. The average Bonchev–Trinajstić information content (AvgIpc) is 2.32. The molecule has 0 aliphatic heterocycles. The summed E-state index contributed by atoms with van der Waals surface area (Å²) in [4.78, 5) is 0. The van der Waals surface area contributed by atoms with Gasteiger partial charge in [0.05, 0.1) is 12.7 Å². The molecular formula is C15H32O2. The Morgan fingerprint density at radius 2 is 1.59 bits per heavy atom. The molecule has 0 saturated carbocycles. The molecule has 2 unspecified atom stereocenters. The van der Waals surface area contributed by atoms with E-state index in [4.69, 9.17) is 0 Å². The van der Waals surface area contributed by atoms with E-state index >= 15 is 0 Å². The third-order valence-corrected chi connectivity index (χ3v) is 3.85. The summed E-state index contributed by atoms with van der Waals surface area (Å²) in [5.41, 5.74) is -0.267. The molecule has 0 radical (unpaired) electrons. The van der Waals surface area contributed by atoms with Gasteiger partial charge in [-0.15, -0.1) is 0 Å². The largest absolute Gasteiger partial charge is 0.396 e. The Balaban J connectivity index is 4.47. The minimum absolute atomic E-state index is 0.117. The van der Waals surface area contributed by atoms with Crippen LogP contribution in [-0.4, -0.2) is 22.9 Å². The van der Waals surface area contributed by atoms with Gasteiger partial charge in [0.15, 0.2) is 0 Å². The van der Waals surface area contributed by atoms with Gasteiger partial charge in [0.2, 0.25) is 0 Å². The Labute approximate surface area is 107 Å². The van der Waals surface area contributed by atoms with Gasteiger partial charge in [-0.05, 0) is 18.8 Å². The number of hydrogen-bond donors (Lipinski definition) is 2. The van der Waals surface area contributed by atoms with Crippen LogP contribution in [0.25, 0.3) is 0 Å². The summed E-state index contributed by atoms with van der Waals surface area (Å²) in [6, 6.07) is 0. The highest BCUT2D eigenvalue weighted by Gasteiger charge is 2.37. The van der Waals surface area contributed by atoms with Gasteiger partial charge in [0.25, 0.3) is 0 Å². The van der Waals surface area contributed by atoms with E-state index in [0.717, 1.165) is 25.7 Å². The van der Waals surface area contributed by atoms with Gasteiger partial charge < -0.3 is 10.2 Å². The van der Waals surface area contributed by atoms with Crippen molar-refractivity contribution in [3.05, 3.63) is 0 Å². The third-order valence-electron chi connectivity index (χ3n) is 3.85. The molecule has 2 heteroatoms. The highest BCUT2D eigenvalue weighted by atomic mass is 16.3. The zero-order valence-electron chi connectivity index (χ0n) is 12.2. The Bertz CT molecular complexity index is 180. The van der Waals surface area contributed by atoms with E-state index in [0.29, 0.717) is 0 Å². The minimum atomic E-state index is -0.380. The molecule has 0 saturated heterocycles. The topological polar surface area (TPSA) is 40.5 Å². The molecule has 0 rings (SSSR count). The normalized spacial score (nSPS) is 17.1. The highest BCUT2D eigenvalue weighted by molar-refractivity contribution is 4.87. The zero-order valence-corrected chi connectivity index (χ0v) is 12.2. The summed E-state index contributed by atoms with van der Waals surface area (Å²) in [5.74, 6) is 0.222. The maximum atomic E-state index is 10.4. The second-order valence-corrected chi connectivity index (χ2v) is 5.77. The van der Waals surface area contributed by atoms with Gasteiger partial charge in [-0.2, -0.15) is 0 Å². The molecule has 2 nitrogen and oxygen atoms in total. The van der Waals surface area contributed by atoms with Crippen molar-refractivity contribution in [2.24, 2.45) is 11.3 Å². The van der Waals surface area contributed by atoms with Crippen LogP contribution in [0.2, 0.25) is 0 Å². The molecule has 2 N–H and O–H groups in total. The maximum Gasteiger partial charge on any atom is 0.0641 e. The summed E-state index contributed by atoms with van der Waals surface area (Å²) in [7, 11) is 0. The first kappa shape index (κ1) is 16.9. The SMILES string of the molecule is CCCCCCC(CO)(CCC)C(O)C(C)C. The fraction of sp³-hybridized carbons (Fsp3) is 1.00. The average molecular weight is 244 g/mol. The molecule has 104 valence electrons. The predicted molar refractivity (Wildman–Crippen MR) is 74.0 cm³/mol. The molecule has 2 atom stereocenters. The Kier molecular flexibility index (Phi) is 8.89. The predicted octanol–water partition coefficient (Wildman–Crippen LogP) is 3.75. The number of rotatable bonds is 10. The van der Waals surface area contributed by atoms with Crippen LogP contribution < -0.4 is 0 Å². The lowest BCUT2D eigenvalue weighted by Crippen LogP contribution is -2.41. The molecule has 0 bridgehead atoms. The molecule has 0 heterocycles. The van der Waals surface area contributed by atoms with E-state index in [1.807, 2.05) is 13.8 Å². The molecule has 0 aromatic heterocycles. The Hall–Kier alpha value is -0.0800. The van der Waals surface area contributed by atoms with E-state index in [-0.39, 0.29) is 24.0 Å². The standard InChI is InChI=1S/C15H32O2/c1-5-7-8-9-11-15(12-16,10-6-2)14(17)13(3)4/h13-14,16-17H,5-12H2,1-4H3. The third kappa shape index (κ3) is 5.39. The van der Waals surface area contributed by atoms with Crippen molar-refractivity contribution < 1.29 is 10.2 Å². The molecular weight excluding hydrogens is 212 g/mol. The van der Waals surface area contributed by atoms with E-state index in [2.05, 4.69) is 13.8 Å². The fourth-order valence-electron chi connectivity index (χ4n) is 2.78. The van der Waals surface area contributed by atoms with E-state index in [1.165, 1.54) is 19.3 Å². The van der Waals surface area contributed by atoms with Crippen LogP contribution in [0.5, 0.6) is 0 Å². The zero-order chi connectivity index (χ0) is 13.3.